The Kier molecular flexibility index (Phi) is 3.08. The number of aldehydes is 1. The average molecular weight is 234 g/mol. The van der Waals surface area contributed by atoms with Crippen LogP contribution in [0.2, 0.25) is 0 Å². The Bertz CT molecular complexity index is 407. The van der Waals surface area contributed by atoms with Crippen LogP contribution in [0.15, 0.2) is 18.2 Å². The second-order valence-corrected chi connectivity index (χ2v) is 4.03. The van der Waals surface area contributed by atoms with Crippen molar-refractivity contribution >= 4 is 6.29 Å². The van der Waals surface area contributed by atoms with Crippen LogP contribution >= 0.6 is 0 Å². The van der Waals surface area contributed by atoms with Gasteiger partial charge in [0.25, 0.3) is 0 Å². The van der Waals surface area contributed by atoms with Gasteiger partial charge >= 0.3 is 6.18 Å². The number of rotatable bonds is 2. The van der Waals surface area contributed by atoms with E-state index in [-0.39, 0.29) is 5.56 Å². The van der Waals surface area contributed by atoms with Crippen molar-refractivity contribution in [1.82, 2.24) is 0 Å². The predicted molar refractivity (Wildman–Crippen MR) is 50.5 cm³/mol. The summed E-state index contributed by atoms with van der Waals surface area (Å²) in [6.07, 6.45) is -4.22. The fourth-order valence-electron chi connectivity index (χ4n) is 1.21. The van der Waals surface area contributed by atoms with Crippen LogP contribution in [0.5, 0.6) is 0 Å². The SMILES string of the molecule is CC(C)(C=O)c1ccc(F)c(C(F)(F)F)c1. The quantitative estimate of drug-likeness (QED) is 0.566. The molecule has 0 amide bonds. The molecule has 0 saturated carbocycles. The van der Waals surface area contributed by atoms with Crippen LogP contribution in [0.4, 0.5) is 17.6 Å². The number of carbonyl (C=O) groups excluding carboxylic acids is 1. The number of hydrogen-bond acceptors (Lipinski definition) is 1. The molecule has 88 valence electrons. The third-order valence-corrected chi connectivity index (χ3v) is 2.31. The van der Waals surface area contributed by atoms with Gasteiger partial charge in [0, 0.05) is 5.41 Å². The zero-order valence-electron chi connectivity index (χ0n) is 8.73. The average Bonchev–Trinajstić information content (AvgIpc) is 2.16. The molecule has 5 heteroatoms. The van der Waals surface area contributed by atoms with Crippen molar-refractivity contribution in [3.63, 3.8) is 0 Å². The van der Waals surface area contributed by atoms with E-state index in [1.165, 1.54) is 19.9 Å². The molecular formula is C11H10F4O. The van der Waals surface area contributed by atoms with E-state index in [4.69, 9.17) is 0 Å². The highest BCUT2D eigenvalue weighted by molar-refractivity contribution is 5.67. The molecule has 0 bridgehead atoms. The number of carbonyl (C=O) groups is 1. The minimum atomic E-state index is -4.75. The Labute approximate surface area is 90.1 Å². The molecule has 1 rings (SSSR count). The van der Waals surface area contributed by atoms with Gasteiger partial charge in [-0.25, -0.2) is 4.39 Å². The van der Waals surface area contributed by atoms with Gasteiger partial charge in [-0.3, -0.25) is 0 Å². The molecule has 1 aromatic rings. The molecule has 0 fully saturated rings. The summed E-state index contributed by atoms with van der Waals surface area (Å²) in [7, 11) is 0. The fourth-order valence-corrected chi connectivity index (χ4v) is 1.21. The normalized spacial score (nSPS) is 12.6. The van der Waals surface area contributed by atoms with E-state index >= 15 is 0 Å². The second kappa shape index (κ2) is 3.88. The van der Waals surface area contributed by atoms with Gasteiger partial charge in [-0.1, -0.05) is 6.07 Å². The lowest BCUT2D eigenvalue weighted by molar-refractivity contribution is -0.140. The molecule has 0 radical (unpaired) electrons. The maximum atomic E-state index is 12.9. The van der Waals surface area contributed by atoms with Gasteiger partial charge in [0.05, 0.1) is 5.56 Å². The van der Waals surface area contributed by atoms with Gasteiger partial charge in [-0.05, 0) is 31.5 Å². The third-order valence-electron chi connectivity index (χ3n) is 2.31. The molecule has 0 spiro atoms. The molecule has 0 heterocycles. The van der Waals surface area contributed by atoms with Crippen LogP contribution < -0.4 is 0 Å². The molecule has 0 N–H and O–H groups in total. The molecule has 0 unspecified atom stereocenters. The van der Waals surface area contributed by atoms with Crippen LogP contribution in [0.3, 0.4) is 0 Å². The molecule has 16 heavy (non-hydrogen) atoms. The molecule has 0 aromatic heterocycles. The largest absolute Gasteiger partial charge is 0.419 e. The summed E-state index contributed by atoms with van der Waals surface area (Å²) in [6.45, 7) is 2.93. The first-order valence-corrected chi connectivity index (χ1v) is 4.52. The van der Waals surface area contributed by atoms with Crippen molar-refractivity contribution in [2.75, 3.05) is 0 Å². The molecule has 1 nitrogen and oxygen atoms in total. The standard InChI is InChI=1S/C11H10F4O/c1-10(2,6-16)7-3-4-9(12)8(5-7)11(13,14)15/h3-6H,1-2H3. The second-order valence-electron chi connectivity index (χ2n) is 4.03. The minimum absolute atomic E-state index is 0.135. The number of halogens is 4. The monoisotopic (exact) mass is 234 g/mol. The smallest absolute Gasteiger partial charge is 0.302 e. The van der Waals surface area contributed by atoms with Crippen molar-refractivity contribution in [2.24, 2.45) is 0 Å². The zero-order valence-corrected chi connectivity index (χ0v) is 8.73. The van der Waals surface area contributed by atoms with Crippen LogP contribution in [0.1, 0.15) is 25.0 Å². The Balaban J connectivity index is 3.34. The van der Waals surface area contributed by atoms with Gasteiger partial charge in [0.1, 0.15) is 12.1 Å². The Morgan fingerprint density at radius 2 is 1.75 bits per heavy atom. The number of alkyl halides is 3. The minimum Gasteiger partial charge on any atom is -0.302 e. The maximum absolute atomic E-state index is 12.9. The van der Waals surface area contributed by atoms with E-state index < -0.39 is 23.0 Å². The first kappa shape index (κ1) is 12.7. The molecule has 1 aromatic carbocycles. The van der Waals surface area contributed by atoms with Crippen LogP contribution in [0.25, 0.3) is 0 Å². The van der Waals surface area contributed by atoms with Gasteiger partial charge < -0.3 is 4.79 Å². The highest BCUT2D eigenvalue weighted by Gasteiger charge is 2.35. The van der Waals surface area contributed by atoms with Gasteiger partial charge in [-0.2, -0.15) is 13.2 Å². The van der Waals surface area contributed by atoms with Crippen LogP contribution in [0, 0.1) is 5.82 Å². The molecular weight excluding hydrogens is 224 g/mol. The molecule has 0 aliphatic carbocycles. The van der Waals surface area contributed by atoms with Gasteiger partial charge in [0.15, 0.2) is 0 Å². The molecule has 0 atom stereocenters. The first-order valence-electron chi connectivity index (χ1n) is 4.52. The summed E-state index contributed by atoms with van der Waals surface area (Å²) in [5, 5.41) is 0. The summed E-state index contributed by atoms with van der Waals surface area (Å²) in [4.78, 5) is 10.7. The summed E-state index contributed by atoms with van der Waals surface area (Å²) < 4.78 is 50.1. The zero-order chi connectivity index (χ0) is 12.6. The summed E-state index contributed by atoms with van der Waals surface area (Å²) in [6, 6.07) is 2.58. The highest BCUT2D eigenvalue weighted by Crippen LogP contribution is 2.34. The molecule has 0 aliphatic heterocycles. The predicted octanol–water partition coefficient (Wildman–Crippen LogP) is 3.32. The van der Waals surface area contributed by atoms with Crippen molar-refractivity contribution in [2.45, 2.75) is 25.4 Å². The van der Waals surface area contributed by atoms with Gasteiger partial charge in [0.2, 0.25) is 0 Å². The lowest BCUT2D eigenvalue weighted by atomic mass is 9.85. The third kappa shape index (κ3) is 2.40. The van der Waals surface area contributed by atoms with E-state index in [0.717, 1.165) is 6.07 Å². The van der Waals surface area contributed by atoms with Crippen molar-refractivity contribution in [1.29, 1.82) is 0 Å². The lowest BCUT2D eigenvalue weighted by Gasteiger charge is -2.19. The van der Waals surface area contributed by atoms with Crippen LogP contribution in [-0.4, -0.2) is 6.29 Å². The fraction of sp³-hybridized carbons (Fsp3) is 0.364. The highest BCUT2D eigenvalue weighted by atomic mass is 19.4. The van der Waals surface area contributed by atoms with E-state index in [1.807, 2.05) is 0 Å². The number of hydrogen-bond donors (Lipinski definition) is 0. The van der Waals surface area contributed by atoms with Gasteiger partial charge in [-0.15, -0.1) is 0 Å². The molecule has 0 saturated heterocycles. The topological polar surface area (TPSA) is 17.1 Å². The van der Waals surface area contributed by atoms with E-state index in [1.54, 1.807) is 0 Å². The lowest BCUT2D eigenvalue weighted by Crippen LogP contribution is -2.20. The summed E-state index contributed by atoms with van der Waals surface area (Å²) >= 11 is 0. The van der Waals surface area contributed by atoms with Crippen molar-refractivity contribution in [3.8, 4) is 0 Å². The van der Waals surface area contributed by atoms with E-state index in [9.17, 15) is 22.4 Å². The van der Waals surface area contributed by atoms with E-state index in [2.05, 4.69) is 0 Å². The van der Waals surface area contributed by atoms with Crippen molar-refractivity contribution < 1.29 is 22.4 Å². The Morgan fingerprint density at radius 3 is 2.19 bits per heavy atom. The number of benzene rings is 1. The summed E-state index contributed by atoms with van der Waals surface area (Å²) in [5.74, 6) is -1.34. The molecule has 0 aliphatic rings. The first-order chi connectivity index (χ1) is 7.18. The summed E-state index contributed by atoms with van der Waals surface area (Å²) in [5.41, 5.74) is -2.27. The Morgan fingerprint density at radius 1 is 1.19 bits per heavy atom. The Hall–Kier alpha value is -1.39. The maximum Gasteiger partial charge on any atom is 0.419 e. The van der Waals surface area contributed by atoms with Crippen molar-refractivity contribution in [3.05, 3.63) is 35.1 Å². The van der Waals surface area contributed by atoms with E-state index in [0.29, 0.717) is 12.4 Å². The van der Waals surface area contributed by atoms with Crippen LogP contribution in [-0.2, 0) is 16.4 Å².